The summed E-state index contributed by atoms with van der Waals surface area (Å²) in [6.45, 7) is 2.67. The Kier molecular flexibility index (Phi) is 6.99. The number of hydrogen-bond donors (Lipinski definition) is 1. The molecule has 0 radical (unpaired) electrons. The molecule has 27 heavy (non-hydrogen) atoms. The van der Waals surface area contributed by atoms with Crippen LogP contribution in [-0.4, -0.2) is 48.4 Å². The van der Waals surface area contributed by atoms with Gasteiger partial charge >= 0.3 is 5.97 Å². The third-order valence-corrected chi connectivity index (χ3v) is 4.96. The molecule has 142 valence electrons. The Bertz CT molecular complexity index is 694. The number of oxime groups is 1. The Hall–Kier alpha value is -2.66. The summed E-state index contributed by atoms with van der Waals surface area (Å²) in [5, 5.41) is 13.4. The lowest BCUT2D eigenvalue weighted by atomic mass is 9.92. The van der Waals surface area contributed by atoms with Crippen molar-refractivity contribution in [3.05, 3.63) is 71.8 Å². The number of piperidine rings is 1. The minimum absolute atomic E-state index is 0.0405. The van der Waals surface area contributed by atoms with Gasteiger partial charge in [0.25, 0.3) is 0 Å². The van der Waals surface area contributed by atoms with Gasteiger partial charge in [0, 0.05) is 19.0 Å². The zero-order valence-electron chi connectivity index (χ0n) is 15.4. The number of aliphatic carboxylic acids is 1. The van der Waals surface area contributed by atoms with Crippen molar-refractivity contribution < 1.29 is 14.7 Å². The lowest BCUT2D eigenvalue weighted by molar-refractivity contribution is -0.143. The van der Waals surface area contributed by atoms with Crippen molar-refractivity contribution in [3.63, 3.8) is 0 Å². The van der Waals surface area contributed by atoms with E-state index in [1.54, 1.807) is 0 Å². The molecule has 1 fully saturated rings. The lowest BCUT2D eigenvalue weighted by Crippen LogP contribution is -2.40. The predicted octanol–water partition coefficient (Wildman–Crippen LogP) is 3.62. The van der Waals surface area contributed by atoms with E-state index in [2.05, 4.69) is 34.3 Å². The first-order valence-corrected chi connectivity index (χ1v) is 9.44. The fraction of sp³-hybridized carbons (Fsp3) is 0.364. The summed E-state index contributed by atoms with van der Waals surface area (Å²) in [5.74, 6) is -0.922. The monoisotopic (exact) mass is 366 g/mol. The molecule has 1 heterocycles. The first kappa shape index (κ1) is 19.1. The van der Waals surface area contributed by atoms with Crippen LogP contribution in [0.5, 0.6) is 0 Å². The first-order chi connectivity index (χ1) is 13.2. The molecule has 0 saturated carbocycles. The van der Waals surface area contributed by atoms with E-state index < -0.39 is 5.97 Å². The molecular formula is C22H26N2O3. The van der Waals surface area contributed by atoms with Crippen molar-refractivity contribution >= 4 is 12.2 Å². The van der Waals surface area contributed by atoms with Gasteiger partial charge in [0.15, 0.2) is 0 Å². The number of carboxylic acid groups (broad SMARTS) is 1. The molecule has 1 atom stereocenters. The molecule has 0 amide bonds. The van der Waals surface area contributed by atoms with Gasteiger partial charge in [-0.15, -0.1) is 0 Å². The van der Waals surface area contributed by atoms with E-state index in [9.17, 15) is 4.79 Å². The van der Waals surface area contributed by atoms with Crippen molar-refractivity contribution in [2.24, 2.45) is 11.1 Å². The van der Waals surface area contributed by atoms with Gasteiger partial charge in [-0.25, -0.2) is 0 Å². The Morgan fingerprint density at radius 3 is 2.37 bits per heavy atom. The quantitative estimate of drug-likeness (QED) is 0.440. The molecule has 5 nitrogen and oxygen atoms in total. The lowest BCUT2D eigenvalue weighted by Gasteiger charge is -2.29. The maximum atomic E-state index is 11.1. The summed E-state index contributed by atoms with van der Waals surface area (Å²) < 4.78 is 0. The molecule has 5 heteroatoms. The van der Waals surface area contributed by atoms with Crippen LogP contribution in [0.25, 0.3) is 0 Å². The van der Waals surface area contributed by atoms with E-state index in [4.69, 9.17) is 9.94 Å². The summed E-state index contributed by atoms with van der Waals surface area (Å²) in [5.41, 5.74) is 2.33. The highest BCUT2D eigenvalue weighted by Gasteiger charge is 2.24. The summed E-state index contributed by atoms with van der Waals surface area (Å²) in [4.78, 5) is 18.8. The Balaban J connectivity index is 1.54. The molecular weight excluding hydrogens is 340 g/mol. The van der Waals surface area contributed by atoms with Gasteiger partial charge in [-0.1, -0.05) is 65.8 Å². The third-order valence-electron chi connectivity index (χ3n) is 4.96. The molecule has 1 saturated heterocycles. The molecule has 2 aromatic rings. The molecule has 2 aromatic carbocycles. The highest BCUT2D eigenvalue weighted by atomic mass is 16.6. The Morgan fingerprint density at radius 2 is 1.78 bits per heavy atom. The average Bonchev–Trinajstić information content (AvgIpc) is 2.72. The van der Waals surface area contributed by atoms with Gasteiger partial charge in [0.05, 0.1) is 12.1 Å². The van der Waals surface area contributed by atoms with E-state index >= 15 is 0 Å². The van der Waals surface area contributed by atoms with Gasteiger partial charge in [-0.05, 0) is 30.5 Å². The highest BCUT2D eigenvalue weighted by Crippen LogP contribution is 2.22. The number of carboxylic acids is 1. The van der Waals surface area contributed by atoms with E-state index in [1.165, 1.54) is 0 Å². The van der Waals surface area contributed by atoms with Gasteiger partial charge in [0.1, 0.15) is 6.61 Å². The maximum Gasteiger partial charge on any atom is 0.307 e. The molecule has 1 N–H and O–H groups in total. The average molecular weight is 366 g/mol. The van der Waals surface area contributed by atoms with Crippen LogP contribution >= 0.6 is 0 Å². The summed E-state index contributed by atoms with van der Waals surface area (Å²) >= 11 is 0. The summed E-state index contributed by atoms with van der Waals surface area (Å²) in [7, 11) is 0. The number of carbonyl (C=O) groups is 1. The molecule has 0 aliphatic carbocycles. The Morgan fingerprint density at radius 1 is 1.15 bits per heavy atom. The van der Waals surface area contributed by atoms with Crippen molar-refractivity contribution in [1.82, 2.24) is 4.90 Å². The van der Waals surface area contributed by atoms with E-state index in [0.29, 0.717) is 19.7 Å². The minimum Gasteiger partial charge on any atom is -0.481 e. The minimum atomic E-state index is -0.702. The van der Waals surface area contributed by atoms with E-state index in [-0.39, 0.29) is 11.8 Å². The van der Waals surface area contributed by atoms with Gasteiger partial charge in [-0.3, -0.25) is 9.69 Å². The normalized spacial score (nSPS) is 18.0. The third kappa shape index (κ3) is 5.66. The SMILES string of the molecule is O=C(O)[C@@H]1CCCN(CCON=CC(c2ccccc2)c2ccccc2)C1. The highest BCUT2D eigenvalue weighted by molar-refractivity contribution is 5.72. The zero-order valence-corrected chi connectivity index (χ0v) is 15.4. The van der Waals surface area contributed by atoms with Crippen LogP contribution in [0, 0.1) is 5.92 Å². The van der Waals surface area contributed by atoms with Crippen LogP contribution in [0.4, 0.5) is 0 Å². The summed E-state index contributed by atoms with van der Waals surface area (Å²) in [6, 6.07) is 20.4. The largest absolute Gasteiger partial charge is 0.481 e. The maximum absolute atomic E-state index is 11.1. The van der Waals surface area contributed by atoms with Gasteiger partial charge in [0.2, 0.25) is 0 Å². The zero-order chi connectivity index (χ0) is 18.9. The van der Waals surface area contributed by atoms with Crippen molar-refractivity contribution in [1.29, 1.82) is 0 Å². The number of rotatable bonds is 8. The second-order valence-electron chi connectivity index (χ2n) is 6.86. The van der Waals surface area contributed by atoms with Gasteiger partial charge in [-0.2, -0.15) is 0 Å². The Labute approximate surface area is 160 Å². The fourth-order valence-electron chi connectivity index (χ4n) is 3.47. The van der Waals surface area contributed by atoms with E-state index in [0.717, 1.165) is 30.5 Å². The predicted molar refractivity (Wildman–Crippen MR) is 106 cm³/mol. The number of likely N-dealkylation sites (tertiary alicyclic amines) is 1. The first-order valence-electron chi connectivity index (χ1n) is 9.44. The summed E-state index contributed by atoms with van der Waals surface area (Å²) in [6.07, 6.45) is 3.52. The van der Waals surface area contributed by atoms with Crippen LogP contribution in [0.3, 0.4) is 0 Å². The topological polar surface area (TPSA) is 62.1 Å². The molecule has 1 aliphatic heterocycles. The smallest absolute Gasteiger partial charge is 0.307 e. The van der Waals surface area contributed by atoms with Crippen LogP contribution in [0.2, 0.25) is 0 Å². The number of benzene rings is 2. The van der Waals surface area contributed by atoms with Crippen LogP contribution in [0.1, 0.15) is 29.9 Å². The second-order valence-corrected chi connectivity index (χ2v) is 6.86. The number of hydrogen-bond acceptors (Lipinski definition) is 4. The molecule has 0 aromatic heterocycles. The van der Waals surface area contributed by atoms with Crippen molar-refractivity contribution in [2.45, 2.75) is 18.8 Å². The van der Waals surface area contributed by atoms with E-state index in [1.807, 2.05) is 42.6 Å². The second kappa shape index (κ2) is 9.88. The van der Waals surface area contributed by atoms with Crippen molar-refractivity contribution in [3.8, 4) is 0 Å². The molecule has 1 aliphatic rings. The standard InChI is InChI=1S/C22H26N2O3/c25-22(26)20-12-7-13-24(17-20)14-15-27-23-16-21(18-8-3-1-4-9-18)19-10-5-2-6-11-19/h1-6,8-11,16,20-21H,7,12-15,17H2,(H,25,26)/t20-/m1/s1. The van der Waals surface area contributed by atoms with Crippen molar-refractivity contribution in [2.75, 3.05) is 26.2 Å². The van der Waals surface area contributed by atoms with Crippen LogP contribution in [-0.2, 0) is 9.63 Å². The van der Waals surface area contributed by atoms with Gasteiger partial charge < -0.3 is 9.94 Å². The fourth-order valence-corrected chi connectivity index (χ4v) is 3.47. The van der Waals surface area contributed by atoms with Crippen LogP contribution < -0.4 is 0 Å². The van der Waals surface area contributed by atoms with Crippen LogP contribution in [0.15, 0.2) is 65.8 Å². The molecule has 0 bridgehead atoms. The number of nitrogens with zero attached hydrogens (tertiary/aromatic N) is 2. The molecule has 3 rings (SSSR count). The molecule has 0 unspecified atom stereocenters. The molecule has 0 spiro atoms.